The van der Waals surface area contributed by atoms with E-state index in [0.717, 1.165) is 6.07 Å². The van der Waals surface area contributed by atoms with Crippen molar-refractivity contribution in [1.29, 1.82) is 0 Å². The average Bonchev–Trinajstić information content (AvgIpc) is 2.28. The van der Waals surface area contributed by atoms with Crippen LogP contribution in [0.2, 0.25) is 5.02 Å². The Morgan fingerprint density at radius 1 is 1.35 bits per heavy atom. The molecular weight excluding hydrogens is 252 g/mol. The summed E-state index contributed by atoms with van der Waals surface area (Å²) in [5.74, 6) is -1.11. The van der Waals surface area contributed by atoms with Crippen LogP contribution in [0.1, 0.15) is 22.5 Å². The number of nitrogens with zero attached hydrogens (tertiary/aromatic N) is 1. The van der Waals surface area contributed by atoms with Gasteiger partial charge in [-0.1, -0.05) is 11.6 Å². The van der Waals surface area contributed by atoms with Gasteiger partial charge in [0.05, 0.1) is 16.1 Å². The van der Waals surface area contributed by atoms with Crippen molar-refractivity contribution in [1.82, 2.24) is 4.98 Å². The third-order valence-electron chi connectivity index (χ3n) is 2.25. The molecule has 0 unspecified atom stereocenters. The summed E-state index contributed by atoms with van der Waals surface area (Å²) in [5.41, 5.74) is -0.144. The van der Waals surface area contributed by atoms with Crippen molar-refractivity contribution >= 4 is 28.5 Å². The van der Waals surface area contributed by atoms with E-state index in [-0.39, 0.29) is 16.1 Å². The second-order valence-corrected chi connectivity index (χ2v) is 3.77. The smallest absolute Gasteiger partial charge is 0.335 e. The minimum atomic E-state index is -2.71. The monoisotopic (exact) mass is 257 g/mol. The topological polar surface area (TPSA) is 50.2 Å². The van der Waals surface area contributed by atoms with Gasteiger partial charge in [0, 0.05) is 5.39 Å². The van der Waals surface area contributed by atoms with E-state index in [2.05, 4.69) is 4.98 Å². The number of rotatable bonds is 2. The second-order valence-electron chi connectivity index (χ2n) is 3.37. The summed E-state index contributed by atoms with van der Waals surface area (Å²) in [5, 5.41) is 9.20. The van der Waals surface area contributed by atoms with E-state index in [9.17, 15) is 13.6 Å². The van der Waals surface area contributed by atoms with E-state index in [0.29, 0.717) is 5.39 Å². The highest BCUT2D eigenvalue weighted by Crippen LogP contribution is 2.28. The van der Waals surface area contributed by atoms with Gasteiger partial charge < -0.3 is 5.11 Å². The van der Waals surface area contributed by atoms with E-state index in [4.69, 9.17) is 16.7 Å². The number of carbonyl (C=O) groups is 1. The number of carboxylic acids is 1. The number of hydrogen-bond acceptors (Lipinski definition) is 2. The van der Waals surface area contributed by atoms with Gasteiger partial charge in [-0.05, 0) is 24.3 Å². The molecule has 1 aromatic heterocycles. The number of pyridine rings is 1. The van der Waals surface area contributed by atoms with Crippen LogP contribution >= 0.6 is 11.6 Å². The fourth-order valence-electron chi connectivity index (χ4n) is 1.45. The number of aromatic nitrogens is 1. The Kier molecular flexibility index (Phi) is 2.93. The first-order valence-corrected chi connectivity index (χ1v) is 4.98. The minimum absolute atomic E-state index is 0.0333. The Balaban J connectivity index is 2.68. The predicted molar refractivity (Wildman–Crippen MR) is 58.7 cm³/mol. The fourth-order valence-corrected chi connectivity index (χ4v) is 1.71. The maximum Gasteiger partial charge on any atom is 0.335 e. The van der Waals surface area contributed by atoms with Gasteiger partial charge in [0.1, 0.15) is 5.69 Å². The molecule has 0 aliphatic heterocycles. The normalized spacial score (nSPS) is 11.1. The van der Waals surface area contributed by atoms with E-state index < -0.39 is 18.1 Å². The first-order valence-electron chi connectivity index (χ1n) is 4.60. The summed E-state index contributed by atoms with van der Waals surface area (Å²) in [6.07, 6.45) is -2.71. The van der Waals surface area contributed by atoms with E-state index >= 15 is 0 Å². The van der Waals surface area contributed by atoms with Crippen LogP contribution in [0.4, 0.5) is 8.78 Å². The van der Waals surface area contributed by atoms with Gasteiger partial charge in [-0.2, -0.15) is 0 Å². The first kappa shape index (κ1) is 11.7. The summed E-state index contributed by atoms with van der Waals surface area (Å²) < 4.78 is 24.9. The van der Waals surface area contributed by atoms with E-state index in [1.54, 1.807) is 0 Å². The summed E-state index contributed by atoms with van der Waals surface area (Å²) in [4.78, 5) is 14.5. The Hall–Kier alpha value is -1.75. The van der Waals surface area contributed by atoms with Crippen LogP contribution in [0.3, 0.4) is 0 Å². The molecular formula is C11H6ClF2NO2. The number of alkyl halides is 2. The summed E-state index contributed by atoms with van der Waals surface area (Å²) in [6, 6.07) is 5.00. The molecule has 2 rings (SSSR count). The van der Waals surface area contributed by atoms with Crippen molar-refractivity contribution in [3.8, 4) is 0 Å². The van der Waals surface area contributed by atoms with Crippen LogP contribution in [0, 0.1) is 0 Å². The summed E-state index contributed by atoms with van der Waals surface area (Å²) in [7, 11) is 0. The Morgan fingerprint density at radius 3 is 2.65 bits per heavy atom. The molecule has 0 aliphatic rings. The standard InChI is InChI=1S/C11H6ClF2NO2/c12-7-4-9(10(13)14)15-8-2-1-5(11(16)17)3-6(7)8/h1-4,10H,(H,16,17). The zero-order chi connectivity index (χ0) is 12.6. The van der Waals surface area contributed by atoms with Crippen molar-refractivity contribution in [2.75, 3.05) is 0 Å². The zero-order valence-electron chi connectivity index (χ0n) is 8.32. The molecule has 0 radical (unpaired) electrons. The highest BCUT2D eigenvalue weighted by Gasteiger charge is 2.13. The number of benzene rings is 1. The molecule has 17 heavy (non-hydrogen) atoms. The number of aromatic carboxylic acids is 1. The third kappa shape index (κ3) is 2.19. The minimum Gasteiger partial charge on any atom is -0.478 e. The lowest BCUT2D eigenvalue weighted by atomic mass is 10.1. The van der Waals surface area contributed by atoms with Crippen LogP contribution in [-0.2, 0) is 0 Å². The highest BCUT2D eigenvalue weighted by atomic mass is 35.5. The van der Waals surface area contributed by atoms with Crippen LogP contribution in [0.5, 0.6) is 0 Å². The molecule has 1 heterocycles. The van der Waals surface area contributed by atoms with Gasteiger partial charge in [-0.15, -0.1) is 0 Å². The molecule has 2 aromatic rings. The van der Waals surface area contributed by atoms with Crippen LogP contribution in [0.15, 0.2) is 24.3 Å². The molecule has 0 amide bonds. The number of fused-ring (bicyclic) bond motifs is 1. The lowest BCUT2D eigenvalue weighted by Crippen LogP contribution is -1.97. The van der Waals surface area contributed by atoms with Gasteiger partial charge in [0.25, 0.3) is 6.43 Å². The molecule has 6 heteroatoms. The van der Waals surface area contributed by atoms with Crippen molar-refractivity contribution < 1.29 is 18.7 Å². The molecule has 0 bridgehead atoms. The Morgan fingerprint density at radius 2 is 2.06 bits per heavy atom. The third-order valence-corrected chi connectivity index (χ3v) is 2.56. The van der Waals surface area contributed by atoms with Gasteiger partial charge >= 0.3 is 5.97 Å². The van der Waals surface area contributed by atoms with Crippen LogP contribution in [0.25, 0.3) is 10.9 Å². The molecule has 1 N–H and O–H groups in total. The van der Waals surface area contributed by atoms with Gasteiger partial charge in [-0.3, -0.25) is 0 Å². The predicted octanol–water partition coefficient (Wildman–Crippen LogP) is 3.52. The number of carboxylic acid groups (broad SMARTS) is 1. The molecule has 1 aromatic carbocycles. The number of hydrogen-bond donors (Lipinski definition) is 1. The van der Waals surface area contributed by atoms with Gasteiger partial charge in [0.15, 0.2) is 0 Å². The maximum absolute atomic E-state index is 12.5. The summed E-state index contributed by atoms with van der Waals surface area (Å²) in [6.45, 7) is 0. The first-order chi connectivity index (χ1) is 7.99. The Labute approximate surface area is 99.7 Å². The summed E-state index contributed by atoms with van der Waals surface area (Å²) >= 11 is 5.82. The number of halogens is 3. The lowest BCUT2D eigenvalue weighted by molar-refractivity contribution is 0.0697. The highest BCUT2D eigenvalue weighted by molar-refractivity contribution is 6.35. The van der Waals surface area contributed by atoms with Gasteiger partial charge in [-0.25, -0.2) is 18.6 Å². The average molecular weight is 258 g/mol. The fraction of sp³-hybridized carbons (Fsp3) is 0.0909. The molecule has 0 spiro atoms. The molecule has 0 saturated carbocycles. The molecule has 0 atom stereocenters. The maximum atomic E-state index is 12.5. The largest absolute Gasteiger partial charge is 0.478 e. The lowest BCUT2D eigenvalue weighted by Gasteiger charge is -2.05. The van der Waals surface area contributed by atoms with Crippen molar-refractivity contribution in [2.45, 2.75) is 6.43 Å². The quantitative estimate of drug-likeness (QED) is 0.895. The SMILES string of the molecule is O=C(O)c1ccc2nc(C(F)F)cc(Cl)c2c1. The Bertz CT molecular complexity index is 601. The second kappa shape index (κ2) is 4.25. The van der Waals surface area contributed by atoms with E-state index in [1.807, 2.05) is 0 Å². The van der Waals surface area contributed by atoms with Gasteiger partial charge in [0.2, 0.25) is 0 Å². The molecule has 0 fully saturated rings. The van der Waals surface area contributed by atoms with Crippen LogP contribution in [-0.4, -0.2) is 16.1 Å². The molecule has 0 aliphatic carbocycles. The zero-order valence-corrected chi connectivity index (χ0v) is 9.08. The molecule has 3 nitrogen and oxygen atoms in total. The van der Waals surface area contributed by atoms with Crippen molar-refractivity contribution in [2.24, 2.45) is 0 Å². The molecule has 0 saturated heterocycles. The van der Waals surface area contributed by atoms with Crippen molar-refractivity contribution in [3.63, 3.8) is 0 Å². The van der Waals surface area contributed by atoms with Crippen LogP contribution < -0.4 is 0 Å². The molecule has 88 valence electrons. The van der Waals surface area contributed by atoms with Crippen molar-refractivity contribution in [3.05, 3.63) is 40.5 Å². The van der Waals surface area contributed by atoms with E-state index in [1.165, 1.54) is 18.2 Å².